The fourth-order valence-corrected chi connectivity index (χ4v) is 5.60. The summed E-state index contributed by atoms with van der Waals surface area (Å²) in [5.41, 5.74) is 1.09. The van der Waals surface area contributed by atoms with Crippen LogP contribution in [0.2, 0.25) is 25.7 Å². The Hall–Kier alpha value is -0.813. The molecular formula is C21H41NO3Si. The van der Waals surface area contributed by atoms with E-state index in [1.54, 1.807) is 11.2 Å². The molecule has 26 heavy (non-hydrogen) atoms. The Labute approximate surface area is 162 Å². The summed E-state index contributed by atoms with van der Waals surface area (Å²) in [6.07, 6.45) is 7.64. The molecule has 4 nitrogen and oxygen atoms in total. The van der Waals surface area contributed by atoms with E-state index in [2.05, 4.69) is 19.6 Å². The summed E-state index contributed by atoms with van der Waals surface area (Å²) < 4.78 is 5.56. The van der Waals surface area contributed by atoms with Gasteiger partial charge in [-0.05, 0) is 64.5 Å². The number of aliphatic hydroxyl groups is 1. The second-order valence-corrected chi connectivity index (χ2v) is 15.1. The first kappa shape index (κ1) is 23.2. The Morgan fingerprint density at radius 2 is 1.65 bits per heavy atom. The molecule has 0 aromatic carbocycles. The minimum absolute atomic E-state index is 0.101. The molecule has 1 unspecified atom stereocenters. The molecule has 5 heteroatoms. The lowest BCUT2D eigenvalue weighted by Gasteiger charge is -2.30. The van der Waals surface area contributed by atoms with Crippen LogP contribution >= 0.6 is 0 Å². The van der Waals surface area contributed by atoms with Gasteiger partial charge >= 0.3 is 6.09 Å². The Morgan fingerprint density at radius 3 is 2.12 bits per heavy atom. The molecule has 1 fully saturated rings. The zero-order chi connectivity index (χ0) is 19.9. The van der Waals surface area contributed by atoms with E-state index in [0.29, 0.717) is 12.3 Å². The first-order chi connectivity index (χ1) is 12.0. The number of amides is 1. The highest BCUT2D eigenvalue weighted by Gasteiger charge is 2.26. The predicted molar refractivity (Wildman–Crippen MR) is 112 cm³/mol. The quantitative estimate of drug-likeness (QED) is 0.426. The molecule has 0 aromatic rings. The molecule has 1 amide bonds. The van der Waals surface area contributed by atoms with Gasteiger partial charge in [0.1, 0.15) is 0 Å². The van der Waals surface area contributed by atoms with E-state index < -0.39 is 8.07 Å². The van der Waals surface area contributed by atoms with Crippen molar-refractivity contribution in [1.29, 1.82) is 0 Å². The Balaban J connectivity index is 2.80. The predicted octanol–water partition coefficient (Wildman–Crippen LogP) is 5.80. The van der Waals surface area contributed by atoms with Crippen LogP contribution in [0.15, 0.2) is 11.8 Å². The lowest BCUT2D eigenvalue weighted by atomic mass is 9.83. The van der Waals surface area contributed by atoms with Gasteiger partial charge in [-0.1, -0.05) is 38.9 Å². The highest BCUT2D eigenvalue weighted by atomic mass is 28.3. The van der Waals surface area contributed by atoms with Crippen LogP contribution in [-0.4, -0.2) is 42.4 Å². The van der Waals surface area contributed by atoms with Crippen molar-refractivity contribution in [3.05, 3.63) is 11.8 Å². The number of carbonyl (C=O) groups is 1. The van der Waals surface area contributed by atoms with Crippen molar-refractivity contribution in [3.63, 3.8) is 0 Å². The van der Waals surface area contributed by atoms with Gasteiger partial charge in [0, 0.05) is 20.2 Å². The van der Waals surface area contributed by atoms with Crippen LogP contribution in [0.5, 0.6) is 0 Å². The van der Waals surface area contributed by atoms with Gasteiger partial charge in [0.15, 0.2) is 0 Å². The van der Waals surface area contributed by atoms with Crippen molar-refractivity contribution in [2.45, 2.75) is 110 Å². The Bertz CT molecular complexity index is 454. The number of hydrogen-bond donors (Lipinski definition) is 1. The first-order valence-corrected chi connectivity index (χ1v) is 14.1. The van der Waals surface area contributed by atoms with Crippen molar-refractivity contribution < 1.29 is 14.6 Å². The summed E-state index contributed by atoms with van der Waals surface area (Å²) in [5.74, 6) is 0.396. The molecule has 1 rings (SSSR count). The van der Waals surface area contributed by atoms with E-state index in [-0.39, 0.29) is 24.3 Å². The van der Waals surface area contributed by atoms with Crippen LogP contribution in [-0.2, 0) is 4.74 Å². The third-order valence-electron chi connectivity index (χ3n) is 5.07. The van der Waals surface area contributed by atoms with E-state index in [0.717, 1.165) is 24.5 Å². The van der Waals surface area contributed by atoms with Crippen LogP contribution in [0.3, 0.4) is 0 Å². The molecule has 0 aromatic heterocycles. The van der Waals surface area contributed by atoms with Crippen molar-refractivity contribution >= 4 is 14.2 Å². The molecule has 0 saturated heterocycles. The zero-order valence-corrected chi connectivity index (χ0v) is 19.0. The molecule has 0 spiro atoms. The number of hydrogen-bond acceptors (Lipinski definition) is 3. The summed E-state index contributed by atoms with van der Waals surface area (Å²) in [7, 11) is -1.36. The summed E-state index contributed by atoms with van der Waals surface area (Å²) in [4.78, 5) is 14.2. The molecule has 0 radical (unpaired) electrons. The third kappa shape index (κ3) is 8.25. The van der Waals surface area contributed by atoms with Crippen molar-refractivity contribution in [3.8, 4) is 0 Å². The van der Waals surface area contributed by atoms with Gasteiger partial charge in [-0.25, -0.2) is 4.79 Å². The molecule has 1 atom stereocenters. The van der Waals surface area contributed by atoms with Gasteiger partial charge in [-0.2, -0.15) is 0 Å². The highest BCUT2D eigenvalue weighted by molar-refractivity contribution is 6.76. The molecular weight excluding hydrogens is 342 g/mol. The molecule has 1 aliphatic carbocycles. The van der Waals surface area contributed by atoms with E-state index in [1.165, 1.54) is 19.3 Å². The number of ether oxygens (including phenoxy) is 1. The number of carbonyl (C=O) groups excluding carboxylic acids is 1. The lowest BCUT2D eigenvalue weighted by molar-refractivity contribution is 0.0829. The van der Waals surface area contributed by atoms with Crippen molar-refractivity contribution in [1.82, 2.24) is 4.90 Å². The van der Waals surface area contributed by atoms with Crippen LogP contribution in [0.1, 0.15) is 66.2 Å². The Morgan fingerprint density at radius 1 is 1.12 bits per heavy atom. The van der Waals surface area contributed by atoms with Gasteiger partial charge in [-0.15, -0.1) is 0 Å². The van der Waals surface area contributed by atoms with Crippen molar-refractivity contribution in [2.75, 3.05) is 0 Å². The van der Waals surface area contributed by atoms with Crippen LogP contribution in [0.25, 0.3) is 0 Å². The lowest BCUT2D eigenvalue weighted by Crippen LogP contribution is -2.41. The van der Waals surface area contributed by atoms with Gasteiger partial charge in [-0.3, -0.25) is 0 Å². The smallest absolute Gasteiger partial charge is 0.415 e. The minimum Gasteiger partial charge on any atom is -0.418 e. The van der Waals surface area contributed by atoms with Gasteiger partial charge in [0.05, 0.1) is 12.4 Å². The van der Waals surface area contributed by atoms with E-state index in [9.17, 15) is 9.90 Å². The molecule has 1 saturated carbocycles. The van der Waals surface area contributed by atoms with E-state index in [4.69, 9.17) is 4.74 Å². The van der Waals surface area contributed by atoms with Crippen LogP contribution in [0, 0.1) is 5.92 Å². The normalized spacial score (nSPS) is 18.3. The van der Waals surface area contributed by atoms with Crippen LogP contribution < -0.4 is 0 Å². The van der Waals surface area contributed by atoms with E-state index >= 15 is 0 Å². The molecule has 0 bridgehead atoms. The fourth-order valence-electron chi connectivity index (χ4n) is 4.01. The maximum Gasteiger partial charge on any atom is 0.415 e. The largest absolute Gasteiger partial charge is 0.418 e. The number of nitrogens with zero attached hydrogens (tertiary/aromatic N) is 1. The van der Waals surface area contributed by atoms with Crippen LogP contribution in [0.4, 0.5) is 4.79 Å². The average molecular weight is 384 g/mol. The maximum atomic E-state index is 12.5. The third-order valence-corrected chi connectivity index (χ3v) is 6.59. The second-order valence-electron chi connectivity index (χ2n) is 9.66. The SMILES string of the molecule is CC(C)N(C(=O)O/C=C(\CC(O)C1CCCCC1)C[Si](C)(C)C)C(C)C. The average Bonchev–Trinajstić information content (AvgIpc) is 2.51. The van der Waals surface area contributed by atoms with E-state index in [1.807, 2.05) is 27.7 Å². The summed E-state index contributed by atoms with van der Waals surface area (Å²) in [6, 6.07) is 1.15. The topological polar surface area (TPSA) is 49.8 Å². The number of rotatable bonds is 8. The summed E-state index contributed by atoms with van der Waals surface area (Å²) in [6.45, 7) is 14.9. The second kappa shape index (κ2) is 10.5. The summed E-state index contributed by atoms with van der Waals surface area (Å²) in [5, 5.41) is 10.7. The highest BCUT2D eigenvalue weighted by Crippen LogP contribution is 2.31. The van der Waals surface area contributed by atoms with Gasteiger partial charge in [0.2, 0.25) is 0 Å². The molecule has 1 N–H and O–H groups in total. The van der Waals surface area contributed by atoms with Crippen molar-refractivity contribution in [2.24, 2.45) is 5.92 Å². The minimum atomic E-state index is -1.36. The molecule has 1 aliphatic rings. The van der Waals surface area contributed by atoms with Gasteiger partial charge < -0.3 is 14.7 Å². The first-order valence-electron chi connectivity index (χ1n) is 10.4. The molecule has 152 valence electrons. The zero-order valence-electron chi connectivity index (χ0n) is 18.0. The molecule has 0 aliphatic heterocycles. The fraction of sp³-hybridized carbons (Fsp3) is 0.857. The maximum absolute atomic E-state index is 12.5. The number of aliphatic hydroxyl groups excluding tert-OH is 1. The summed E-state index contributed by atoms with van der Waals surface area (Å²) >= 11 is 0. The molecule has 0 heterocycles. The standard InChI is InChI=1S/C21H41NO3Si/c1-16(2)22(17(3)4)21(24)25-14-18(15-26(5,6)7)13-20(23)19-11-9-8-10-12-19/h14,16-17,19-20,23H,8-13,15H2,1-7H3/b18-14+. The van der Waals surface area contributed by atoms with Gasteiger partial charge in [0.25, 0.3) is 0 Å². The Kier molecular flexibility index (Phi) is 9.38. The monoisotopic (exact) mass is 383 g/mol.